The van der Waals surface area contributed by atoms with Crippen molar-refractivity contribution in [3.05, 3.63) is 40.1 Å². The van der Waals surface area contributed by atoms with Crippen LogP contribution in [0.5, 0.6) is 0 Å². The van der Waals surface area contributed by atoms with Crippen LogP contribution in [0.25, 0.3) is 0 Å². The van der Waals surface area contributed by atoms with Crippen LogP contribution >= 0.6 is 23.2 Å². The Morgan fingerprint density at radius 1 is 1.35 bits per heavy atom. The summed E-state index contributed by atoms with van der Waals surface area (Å²) >= 11 is 11.9. The van der Waals surface area contributed by atoms with E-state index < -0.39 is 0 Å². The summed E-state index contributed by atoms with van der Waals surface area (Å²) in [6, 6.07) is 6.80. The lowest BCUT2D eigenvalue weighted by molar-refractivity contribution is -0.115. The lowest BCUT2D eigenvalue weighted by Crippen LogP contribution is -2.16. The summed E-state index contributed by atoms with van der Waals surface area (Å²) in [5.74, 6) is 1.12. The first-order valence-corrected chi connectivity index (χ1v) is 6.73. The average molecular weight is 314 g/mol. The van der Waals surface area contributed by atoms with E-state index in [0.717, 1.165) is 0 Å². The number of rotatable bonds is 5. The van der Waals surface area contributed by atoms with Crippen molar-refractivity contribution in [2.45, 2.75) is 13.3 Å². The zero-order chi connectivity index (χ0) is 14.5. The molecule has 7 heteroatoms. The molecule has 0 radical (unpaired) electrons. The van der Waals surface area contributed by atoms with Gasteiger partial charge in [-0.3, -0.25) is 4.79 Å². The van der Waals surface area contributed by atoms with E-state index in [9.17, 15) is 4.79 Å². The lowest BCUT2D eigenvalue weighted by atomic mass is 10.3. The number of hydrogen-bond acceptors (Lipinski definition) is 4. The Morgan fingerprint density at radius 3 is 2.65 bits per heavy atom. The van der Waals surface area contributed by atoms with Gasteiger partial charge in [-0.25, -0.2) is 0 Å². The second kappa shape index (κ2) is 6.63. The molecule has 2 rings (SSSR count). The maximum Gasteiger partial charge on any atom is 0.226 e. The molecule has 1 aromatic heterocycles. The molecule has 20 heavy (non-hydrogen) atoms. The number of para-hydroxylation sites is 1. The summed E-state index contributed by atoms with van der Waals surface area (Å²) in [6.45, 7) is 2.23. The van der Waals surface area contributed by atoms with Gasteiger partial charge in [-0.05, 0) is 19.1 Å². The zero-order valence-corrected chi connectivity index (χ0v) is 12.3. The third-order valence-electron chi connectivity index (χ3n) is 2.51. The smallest absolute Gasteiger partial charge is 0.226 e. The summed E-state index contributed by atoms with van der Waals surface area (Å²) < 4.78 is 4.90. The quantitative estimate of drug-likeness (QED) is 0.882. The van der Waals surface area contributed by atoms with Crippen LogP contribution < -0.4 is 10.6 Å². The second-order valence-corrected chi connectivity index (χ2v) is 4.96. The fourth-order valence-corrected chi connectivity index (χ4v) is 2.06. The lowest BCUT2D eigenvalue weighted by Gasteiger charge is -2.09. The van der Waals surface area contributed by atoms with Crippen LogP contribution in [0.4, 0.5) is 11.5 Å². The number of aromatic nitrogens is 1. The van der Waals surface area contributed by atoms with Gasteiger partial charge < -0.3 is 15.2 Å². The van der Waals surface area contributed by atoms with Gasteiger partial charge >= 0.3 is 0 Å². The second-order valence-electron chi connectivity index (χ2n) is 4.14. The molecule has 0 fully saturated rings. The van der Waals surface area contributed by atoms with Crippen LogP contribution in [0.15, 0.2) is 28.8 Å². The standard InChI is InChI=1S/C13H13Cl2N3O2/c1-8-7-11(18-20-8)16-6-5-12(19)17-13-9(14)3-2-4-10(13)15/h2-4,7H,5-6H2,1H3,(H,16,18)(H,17,19). The number of nitrogens with one attached hydrogen (secondary N) is 2. The molecule has 0 aliphatic carbocycles. The number of aryl methyl sites for hydroxylation is 1. The topological polar surface area (TPSA) is 67.2 Å². The van der Waals surface area contributed by atoms with Gasteiger partial charge in [0.2, 0.25) is 5.91 Å². The van der Waals surface area contributed by atoms with E-state index in [4.69, 9.17) is 27.7 Å². The summed E-state index contributed by atoms with van der Waals surface area (Å²) in [4.78, 5) is 11.8. The predicted octanol–water partition coefficient (Wildman–Crippen LogP) is 3.73. The maximum absolute atomic E-state index is 11.8. The zero-order valence-electron chi connectivity index (χ0n) is 10.7. The predicted molar refractivity (Wildman–Crippen MR) is 79.4 cm³/mol. The number of nitrogens with zero attached hydrogens (tertiary/aromatic N) is 1. The minimum atomic E-state index is -0.187. The van der Waals surface area contributed by atoms with Crippen LogP contribution in [0, 0.1) is 6.92 Å². The highest BCUT2D eigenvalue weighted by Gasteiger charge is 2.09. The minimum Gasteiger partial charge on any atom is -0.367 e. The van der Waals surface area contributed by atoms with E-state index in [1.807, 2.05) is 0 Å². The normalized spacial score (nSPS) is 10.3. The van der Waals surface area contributed by atoms with Gasteiger partial charge in [0.15, 0.2) is 5.82 Å². The van der Waals surface area contributed by atoms with E-state index >= 15 is 0 Å². The third kappa shape index (κ3) is 3.88. The molecule has 1 amide bonds. The molecular weight excluding hydrogens is 301 g/mol. The molecule has 1 aromatic carbocycles. The molecule has 0 spiro atoms. The average Bonchev–Trinajstić information content (AvgIpc) is 2.80. The monoisotopic (exact) mass is 313 g/mol. The number of carbonyl (C=O) groups excluding carboxylic acids is 1. The van der Waals surface area contributed by atoms with E-state index in [-0.39, 0.29) is 12.3 Å². The molecule has 1 heterocycles. The molecule has 0 aliphatic rings. The van der Waals surface area contributed by atoms with Crippen molar-refractivity contribution in [1.82, 2.24) is 5.16 Å². The Kier molecular flexibility index (Phi) is 4.87. The van der Waals surface area contributed by atoms with Crippen molar-refractivity contribution in [1.29, 1.82) is 0 Å². The summed E-state index contributed by atoms with van der Waals surface area (Å²) in [5, 5.41) is 10.2. The molecule has 0 atom stereocenters. The maximum atomic E-state index is 11.8. The SMILES string of the molecule is Cc1cc(NCCC(=O)Nc2c(Cl)cccc2Cl)no1. The first kappa shape index (κ1) is 14.7. The van der Waals surface area contributed by atoms with Crippen molar-refractivity contribution in [3.63, 3.8) is 0 Å². The molecular formula is C13H13Cl2N3O2. The molecule has 0 bridgehead atoms. The van der Waals surface area contributed by atoms with Crippen LogP contribution in [0.3, 0.4) is 0 Å². The fraction of sp³-hybridized carbons (Fsp3) is 0.231. The Hall–Kier alpha value is -1.72. The molecule has 0 aliphatic heterocycles. The van der Waals surface area contributed by atoms with Gasteiger partial charge in [-0.2, -0.15) is 0 Å². The van der Waals surface area contributed by atoms with Crippen molar-refractivity contribution in [2.24, 2.45) is 0 Å². The number of anilines is 2. The van der Waals surface area contributed by atoms with Gasteiger partial charge in [-0.1, -0.05) is 34.4 Å². The minimum absolute atomic E-state index is 0.187. The number of benzene rings is 1. The summed E-state index contributed by atoms with van der Waals surface area (Å²) in [7, 11) is 0. The van der Waals surface area contributed by atoms with Crippen molar-refractivity contribution in [3.8, 4) is 0 Å². The van der Waals surface area contributed by atoms with E-state index in [0.29, 0.717) is 33.9 Å². The van der Waals surface area contributed by atoms with Crippen molar-refractivity contribution in [2.75, 3.05) is 17.2 Å². The highest BCUT2D eigenvalue weighted by Crippen LogP contribution is 2.29. The van der Waals surface area contributed by atoms with Crippen LogP contribution in [0.2, 0.25) is 10.0 Å². The third-order valence-corrected chi connectivity index (χ3v) is 3.14. The first-order chi connectivity index (χ1) is 9.56. The number of hydrogen-bond donors (Lipinski definition) is 2. The molecule has 0 unspecified atom stereocenters. The van der Waals surface area contributed by atoms with Gasteiger partial charge in [0, 0.05) is 19.0 Å². The fourth-order valence-electron chi connectivity index (χ4n) is 1.57. The van der Waals surface area contributed by atoms with Gasteiger partial charge in [-0.15, -0.1) is 0 Å². The van der Waals surface area contributed by atoms with E-state index in [1.165, 1.54) is 0 Å². The summed E-state index contributed by atoms with van der Waals surface area (Å²) in [5.41, 5.74) is 0.429. The molecule has 0 saturated heterocycles. The van der Waals surface area contributed by atoms with Crippen LogP contribution in [-0.4, -0.2) is 17.6 Å². The molecule has 2 aromatic rings. The molecule has 5 nitrogen and oxygen atoms in total. The van der Waals surface area contributed by atoms with Crippen molar-refractivity contribution >= 4 is 40.6 Å². The van der Waals surface area contributed by atoms with Crippen LogP contribution in [0.1, 0.15) is 12.2 Å². The Balaban J connectivity index is 1.84. The van der Waals surface area contributed by atoms with Gasteiger partial charge in [0.25, 0.3) is 0 Å². The molecule has 0 saturated carbocycles. The van der Waals surface area contributed by atoms with E-state index in [1.54, 1.807) is 31.2 Å². The van der Waals surface area contributed by atoms with Crippen LogP contribution in [-0.2, 0) is 4.79 Å². The van der Waals surface area contributed by atoms with E-state index in [2.05, 4.69) is 15.8 Å². The number of halogens is 2. The van der Waals surface area contributed by atoms with Gasteiger partial charge in [0.05, 0.1) is 15.7 Å². The van der Waals surface area contributed by atoms with Crippen molar-refractivity contribution < 1.29 is 9.32 Å². The first-order valence-electron chi connectivity index (χ1n) is 5.97. The largest absolute Gasteiger partial charge is 0.367 e. The highest BCUT2D eigenvalue weighted by atomic mass is 35.5. The highest BCUT2D eigenvalue weighted by molar-refractivity contribution is 6.39. The Morgan fingerprint density at radius 2 is 2.05 bits per heavy atom. The number of amides is 1. The Bertz CT molecular complexity index is 593. The Labute approximate surface area is 126 Å². The van der Waals surface area contributed by atoms with Gasteiger partial charge in [0.1, 0.15) is 5.76 Å². The summed E-state index contributed by atoms with van der Waals surface area (Å²) in [6.07, 6.45) is 0.257. The molecule has 2 N–H and O–H groups in total. The molecule has 106 valence electrons. The number of carbonyl (C=O) groups is 1.